The summed E-state index contributed by atoms with van der Waals surface area (Å²) in [7, 11) is 0. The molecule has 1 aliphatic rings. The number of benzene rings is 1. The van der Waals surface area contributed by atoms with Gasteiger partial charge in [-0.15, -0.1) is 0 Å². The molecule has 0 unspecified atom stereocenters. The van der Waals surface area contributed by atoms with Gasteiger partial charge < -0.3 is 4.74 Å². The first kappa shape index (κ1) is 7.77. The predicted octanol–water partition coefficient (Wildman–Crippen LogP) is 3.28. The third kappa shape index (κ3) is 1.66. The molecule has 1 fully saturated rings. The molecule has 0 aromatic heterocycles. The predicted molar refractivity (Wildman–Crippen MR) is 50.5 cm³/mol. The van der Waals surface area contributed by atoms with E-state index in [-0.39, 0.29) is 0 Å². The highest BCUT2D eigenvalue weighted by atomic mass is 79.9. The molecule has 0 spiro atoms. The molecule has 0 N–H and O–H groups in total. The molecule has 0 aliphatic carbocycles. The number of epoxide rings is 1. The van der Waals surface area contributed by atoms with Crippen molar-refractivity contribution in [3.63, 3.8) is 0 Å². The maximum absolute atomic E-state index is 5.17. The summed E-state index contributed by atoms with van der Waals surface area (Å²) in [4.78, 5) is 0. The number of ether oxygens (including phenoxy) is 1. The molecule has 1 aromatic carbocycles. The Labute approximate surface area is 82.0 Å². The van der Waals surface area contributed by atoms with Gasteiger partial charge in [0.15, 0.2) is 0 Å². The van der Waals surface area contributed by atoms with E-state index in [9.17, 15) is 0 Å². The Morgan fingerprint density at radius 3 is 2.64 bits per heavy atom. The minimum absolute atomic E-state index is 0.331. The van der Waals surface area contributed by atoms with Crippen molar-refractivity contribution in [2.45, 2.75) is 6.10 Å². The molecule has 0 bridgehead atoms. The third-order valence-corrected chi connectivity index (χ3v) is 2.82. The van der Waals surface area contributed by atoms with Gasteiger partial charge in [-0.2, -0.15) is 0 Å². The smallest absolute Gasteiger partial charge is 0.107 e. The number of hydrogen-bond acceptors (Lipinski definition) is 1. The van der Waals surface area contributed by atoms with Crippen molar-refractivity contribution >= 4 is 31.9 Å². The third-order valence-electron chi connectivity index (χ3n) is 1.64. The summed E-state index contributed by atoms with van der Waals surface area (Å²) in [6.07, 6.45) is 0.331. The second-order valence-corrected chi connectivity index (χ2v) is 4.26. The highest BCUT2D eigenvalue weighted by Crippen LogP contribution is 2.35. The van der Waals surface area contributed by atoms with E-state index in [1.165, 1.54) is 5.56 Å². The Hall–Kier alpha value is 0.140. The highest BCUT2D eigenvalue weighted by Gasteiger charge is 2.26. The van der Waals surface area contributed by atoms with Crippen molar-refractivity contribution in [1.82, 2.24) is 0 Å². The van der Waals surface area contributed by atoms with Crippen LogP contribution in [0.15, 0.2) is 27.1 Å². The zero-order valence-corrected chi connectivity index (χ0v) is 8.85. The first-order valence-corrected chi connectivity index (χ1v) is 4.92. The largest absolute Gasteiger partial charge is 0.368 e. The lowest BCUT2D eigenvalue weighted by Crippen LogP contribution is -1.81. The van der Waals surface area contributed by atoms with Gasteiger partial charge in [0.25, 0.3) is 0 Å². The lowest BCUT2D eigenvalue weighted by molar-refractivity contribution is 0.415. The number of halogens is 2. The summed E-state index contributed by atoms with van der Waals surface area (Å²) in [6.45, 7) is 0.861. The fourth-order valence-electron chi connectivity index (χ4n) is 0.990. The van der Waals surface area contributed by atoms with Gasteiger partial charge in [0.2, 0.25) is 0 Å². The van der Waals surface area contributed by atoms with E-state index in [2.05, 4.69) is 37.9 Å². The summed E-state index contributed by atoms with van der Waals surface area (Å²) in [5.74, 6) is 0. The van der Waals surface area contributed by atoms with Crippen molar-refractivity contribution in [1.29, 1.82) is 0 Å². The lowest BCUT2D eigenvalue weighted by atomic mass is 10.2. The van der Waals surface area contributed by atoms with E-state index in [0.717, 1.165) is 15.6 Å². The molecule has 1 atom stereocenters. The van der Waals surface area contributed by atoms with Gasteiger partial charge in [-0.05, 0) is 17.7 Å². The fourth-order valence-corrected chi connectivity index (χ4v) is 2.29. The van der Waals surface area contributed by atoms with Crippen LogP contribution in [0.2, 0.25) is 0 Å². The Kier molecular flexibility index (Phi) is 2.04. The molecule has 11 heavy (non-hydrogen) atoms. The van der Waals surface area contributed by atoms with Gasteiger partial charge >= 0.3 is 0 Å². The minimum atomic E-state index is 0.331. The number of hydrogen-bond donors (Lipinski definition) is 0. The van der Waals surface area contributed by atoms with Gasteiger partial charge in [-0.25, -0.2) is 0 Å². The van der Waals surface area contributed by atoms with Crippen LogP contribution in [0.3, 0.4) is 0 Å². The SMILES string of the molecule is Brc1ccc([C@@H]2CO2)c(Br)c1. The zero-order valence-electron chi connectivity index (χ0n) is 5.68. The molecular weight excluding hydrogens is 272 g/mol. The van der Waals surface area contributed by atoms with E-state index in [1.807, 2.05) is 12.1 Å². The summed E-state index contributed by atoms with van der Waals surface area (Å²) >= 11 is 6.87. The Morgan fingerprint density at radius 2 is 2.09 bits per heavy atom. The van der Waals surface area contributed by atoms with Crippen molar-refractivity contribution in [3.05, 3.63) is 32.7 Å². The van der Waals surface area contributed by atoms with E-state index in [4.69, 9.17) is 4.74 Å². The molecule has 1 saturated heterocycles. The molecule has 3 heteroatoms. The van der Waals surface area contributed by atoms with Crippen molar-refractivity contribution in [3.8, 4) is 0 Å². The Morgan fingerprint density at radius 1 is 1.36 bits per heavy atom. The van der Waals surface area contributed by atoms with Crippen LogP contribution in [-0.2, 0) is 4.74 Å². The zero-order chi connectivity index (χ0) is 7.84. The second-order valence-electron chi connectivity index (χ2n) is 2.49. The molecule has 2 rings (SSSR count). The molecular formula is C8H6Br2O. The monoisotopic (exact) mass is 276 g/mol. The average Bonchev–Trinajstić information content (AvgIpc) is 2.70. The summed E-state index contributed by atoms with van der Waals surface area (Å²) < 4.78 is 7.38. The van der Waals surface area contributed by atoms with Gasteiger partial charge in [0.1, 0.15) is 6.10 Å². The first-order valence-electron chi connectivity index (χ1n) is 3.34. The Bertz CT molecular complexity index is 281. The molecule has 58 valence electrons. The van der Waals surface area contributed by atoms with Crippen molar-refractivity contribution < 1.29 is 4.74 Å². The average molecular weight is 278 g/mol. The summed E-state index contributed by atoms with van der Waals surface area (Å²) in [6, 6.07) is 6.14. The molecule has 1 aliphatic heterocycles. The maximum atomic E-state index is 5.17. The molecule has 1 heterocycles. The van der Waals surface area contributed by atoms with Crippen LogP contribution >= 0.6 is 31.9 Å². The molecule has 1 aromatic rings. The quantitative estimate of drug-likeness (QED) is 0.718. The van der Waals surface area contributed by atoms with Gasteiger partial charge in [-0.3, -0.25) is 0 Å². The van der Waals surface area contributed by atoms with Crippen LogP contribution in [0.4, 0.5) is 0 Å². The normalized spacial score (nSPS) is 21.8. The molecule has 0 amide bonds. The Balaban J connectivity index is 2.39. The van der Waals surface area contributed by atoms with E-state index in [1.54, 1.807) is 0 Å². The summed E-state index contributed by atoms with van der Waals surface area (Å²) in [5, 5.41) is 0. The van der Waals surface area contributed by atoms with Gasteiger partial charge in [0.05, 0.1) is 6.61 Å². The van der Waals surface area contributed by atoms with Gasteiger partial charge in [-0.1, -0.05) is 37.9 Å². The molecule has 1 nitrogen and oxygen atoms in total. The standard InChI is InChI=1S/C8H6Br2O/c9-5-1-2-6(7(10)3-5)8-4-11-8/h1-3,8H,4H2/t8-/m0/s1. The first-order chi connectivity index (χ1) is 5.27. The van der Waals surface area contributed by atoms with E-state index >= 15 is 0 Å². The topological polar surface area (TPSA) is 12.5 Å². The molecule has 0 saturated carbocycles. The second kappa shape index (κ2) is 2.88. The highest BCUT2D eigenvalue weighted by molar-refractivity contribution is 9.11. The maximum Gasteiger partial charge on any atom is 0.107 e. The van der Waals surface area contributed by atoms with Crippen molar-refractivity contribution in [2.24, 2.45) is 0 Å². The lowest BCUT2D eigenvalue weighted by Gasteiger charge is -1.99. The fraction of sp³-hybridized carbons (Fsp3) is 0.250. The van der Waals surface area contributed by atoms with Crippen molar-refractivity contribution in [2.75, 3.05) is 6.61 Å². The minimum Gasteiger partial charge on any atom is -0.368 e. The van der Waals surface area contributed by atoms with Gasteiger partial charge in [0, 0.05) is 8.95 Å². The summed E-state index contributed by atoms with van der Waals surface area (Å²) in [5.41, 5.74) is 1.24. The van der Waals surface area contributed by atoms with Crippen LogP contribution < -0.4 is 0 Å². The van der Waals surface area contributed by atoms with E-state index in [0.29, 0.717) is 6.10 Å². The van der Waals surface area contributed by atoms with Crippen LogP contribution in [0.25, 0.3) is 0 Å². The van der Waals surface area contributed by atoms with Crippen LogP contribution in [0, 0.1) is 0 Å². The molecule has 0 radical (unpaired) electrons. The van der Waals surface area contributed by atoms with Crippen LogP contribution in [0.1, 0.15) is 11.7 Å². The van der Waals surface area contributed by atoms with E-state index < -0.39 is 0 Å². The van der Waals surface area contributed by atoms with Crippen LogP contribution in [-0.4, -0.2) is 6.61 Å². The number of rotatable bonds is 1. The van der Waals surface area contributed by atoms with Crippen LogP contribution in [0.5, 0.6) is 0 Å².